The first-order valence-corrected chi connectivity index (χ1v) is 8.44. The lowest BCUT2D eigenvalue weighted by Gasteiger charge is -2.18. The number of hydrogen-bond acceptors (Lipinski definition) is 6. The fraction of sp³-hybridized carbons (Fsp3) is 0.615. The number of rotatable bonds is 5. The smallest absolute Gasteiger partial charge is 0.245 e. The van der Waals surface area contributed by atoms with Gasteiger partial charge in [0.2, 0.25) is 15.9 Å². The maximum absolute atomic E-state index is 12.7. The molecule has 0 saturated carbocycles. The molecule has 0 radical (unpaired) electrons. The minimum Gasteiger partial charge on any atom is -0.338 e. The number of sulfonamides is 1. The van der Waals surface area contributed by atoms with Crippen molar-refractivity contribution in [1.29, 1.82) is 0 Å². The molecule has 0 fully saturated rings. The van der Waals surface area contributed by atoms with Crippen molar-refractivity contribution in [2.24, 2.45) is 13.0 Å². The van der Waals surface area contributed by atoms with E-state index in [2.05, 4.69) is 20.0 Å². The van der Waals surface area contributed by atoms with Crippen molar-refractivity contribution in [1.82, 2.24) is 24.6 Å². The maximum atomic E-state index is 12.7. The maximum Gasteiger partial charge on any atom is 0.245 e. The van der Waals surface area contributed by atoms with Crippen molar-refractivity contribution in [3.05, 3.63) is 23.1 Å². The average molecular weight is 327 g/mol. The van der Waals surface area contributed by atoms with Crippen LogP contribution in [-0.2, 0) is 17.1 Å². The minimum atomic E-state index is -3.75. The third-order valence-electron chi connectivity index (χ3n) is 3.47. The van der Waals surface area contributed by atoms with Crippen LogP contribution in [0.3, 0.4) is 0 Å². The standard InChI is InChI=1S/C13H21N5O3S/c1-7(2)11(13-14-10(5)16-21-13)17-22(19,20)12-8(3)15-18(6)9(12)4/h7,11,17H,1-6H3. The van der Waals surface area contributed by atoms with Crippen LogP contribution in [-0.4, -0.2) is 28.3 Å². The topological polar surface area (TPSA) is 103 Å². The number of aromatic nitrogens is 4. The molecule has 1 atom stereocenters. The second-order valence-electron chi connectivity index (χ2n) is 5.65. The van der Waals surface area contributed by atoms with Gasteiger partial charge in [-0.05, 0) is 26.7 Å². The van der Waals surface area contributed by atoms with Crippen molar-refractivity contribution in [2.45, 2.75) is 45.6 Å². The highest BCUT2D eigenvalue weighted by Gasteiger charge is 2.31. The Morgan fingerprint density at radius 3 is 2.27 bits per heavy atom. The van der Waals surface area contributed by atoms with E-state index in [9.17, 15) is 8.42 Å². The Hall–Kier alpha value is -1.74. The van der Waals surface area contributed by atoms with Gasteiger partial charge in [0.1, 0.15) is 10.9 Å². The van der Waals surface area contributed by atoms with E-state index in [1.165, 1.54) is 0 Å². The minimum absolute atomic E-state index is 0.0492. The molecule has 0 aromatic carbocycles. The van der Waals surface area contributed by atoms with E-state index in [0.717, 1.165) is 0 Å². The lowest BCUT2D eigenvalue weighted by atomic mass is 10.1. The van der Waals surface area contributed by atoms with E-state index in [1.807, 2.05) is 13.8 Å². The van der Waals surface area contributed by atoms with Gasteiger partial charge in [-0.2, -0.15) is 14.8 Å². The molecule has 1 unspecified atom stereocenters. The molecule has 0 bridgehead atoms. The molecule has 0 amide bonds. The molecule has 0 spiro atoms. The largest absolute Gasteiger partial charge is 0.338 e. The zero-order valence-electron chi connectivity index (χ0n) is 13.6. The third-order valence-corrected chi connectivity index (χ3v) is 5.16. The molecule has 2 heterocycles. The molecule has 2 aromatic rings. The molecule has 122 valence electrons. The lowest BCUT2D eigenvalue weighted by Crippen LogP contribution is -2.32. The highest BCUT2D eigenvalue weighted by Crippen LogP contribution is 2.25. The number of aryl methyl sites for hydroxylation is 3. The van der Waals surface area contributed by atoms with Crippen LogP contribution in [0, 0.1) is 26.7 Å². The van der Waals surface area contributed by atoms with Crippen molar-refractivity contribution >= 4 is 10.0 Å². The van der Waals surface area contributed by atoms with E-state index >= 15 is 0 Å². The van der Waals surface area contributed by atoms with Crippen molar-refractivity contribution in [2.75, 3.05) is 0 Å². The molecule has 2 aromatic heterocycles. The normalized spacial score (nSPS) is 13.8. The molecular formula is C13H21N5O3S. The zero-order chi connectivity index (χ0) is 16.7. The van der Waals surface area contributed by atoms with Crippen LogP contribution < -0.4 is 4.72 Å². The second-order valence-corrected chi connectivity index (χ2v) is 7.30. The van der Waals surface area contributed by atoms with Gasteiger partial charge in [0.05, 0.1) is 11.4 Å². The molecule has 9 heteroatoms. The van der Waals surface area contributed by atoms with E-state index < -0.39 is 16.1 Å². The van der Waals surface area contributed by atoms with Gasteiger partial charge >= 0.3 is 0 Å². The second kappa shape index (κ2) is 5.81. The van der Waals surface area contributed by atoms with Crippen molar-refractivity contribution in [3.8, 4) is 0 Å². The fourth-order valence-corrected chi connectivity index (χ4v) is 4.06. The van der Waals surface area contributed by atoms with Crippen molar-refractivity contribution in [3.63, 3.8) is 0 Å². The SMILES string of the molecule is Cc1noc(C(NS(=O)(=O)c2c(C)nn(C)c2C)C(C)C)n1. The van der Waals surface area contributed by atoms with Gasteiger partial charge in [-0.15, -0.1) is 0 Å². The molecule has 0 aliphatic heterocycles. The summed E-state index contributed by atoms with van der Waals surface area (Å²) in [5, 5.41) is 7.88. The molecule has 0 saturated heterocycles. The fourth-order valence-electron chi connectivity index (χ4n) is 2.28. The number of hydrogen-bond donors (Lipinski definition) is 1. The summed E-state index contributed by atoms with van der Waals surface area (Å²) in [4.78, 5) is 4.33. The Morgan fingerprint density at radius 2 is 1.86 bits per heavy atom. The summed E-state index contributed by atoms with van der Waals surface area (Å²) in [6, 6.07) is -0.592. The molecule has 1 N–H and O–H groups in total. The Kier molecular flexibility index (Phi) is 4.39. The predicted octanol–water partition coefficient (Wildman–Crippen LogP) is 1.40. The molecule has 0 aliphatic rings. The van der Waals surface area contributed by atoms with Gasteiger partial charge in [0.25, 0.3) is 0 Å². The summed E-state index contributed by atoms with van der Waals surface area (Å²) in [6.07, 6.45) is 0. The van der Waals surface area contributed by atoms with Gasteiger partial charge in [-0.25, -0.2) is 8.42 Å². The summed E-state index contributed by atoms with van der Waals surface area (Å²) >= 11 is 0. The first-order valence-electron chi connectivity index (χ1n) is 6.96. The van der Waals surface area contributed by atoms with E-state index in [1.54, 1.807) is 32.5 Å². The van der Waals surface area contributed by atoms with Crippen LogP contribution in [0.5, 0.6) is 0 Å². The van der Waals surface area contributed by atoms with Gasteiger partial charge in [-0.3, -0.25) is 4.68 Å². The van der Waals surface area contributed by atoms with Gasteiger partial charge < -0.3 is 4.52 Å². The van der Waals surface area contributed by atoms with Crippen molar-refractivity contribution < 1.29 is 12.9 Å². The molecule has 22 heavy (non-hydrogen) atoms. The number of nitrogens with zero attached hydrogens (tertiary/aromatic N) is 4. The van der Waals surface area contributed by atoms with Crippen LogP contribution >= 0.6 is 0 Å². The summed E-state index contributed by atoms with van der Waals surface area (Å²) < 4.78 is 34.8. The summed E-state index contributed by atoms with van der Waals surface area (Å²) in [5.74, 6) is 0.677. The van der Waals surface area contributed by atoms with Crippen LogP contribution in [0.25, 0.3) is 0 Å². The predicted molar refractivity (Wildman–Crippen MR) is 79.6 cm³/mol. The van der Waals surface area contributed by atoms with Crippen LogP contribution in [0.2, 0.25) is 0 Å². The van der Waals surface area contributed by atoms with Gasteiger partial charge in [0.15, 0.2) is 5.82 Å². The Balaban J connectivity index is 2.41. The lowest BCUT2D eigenvalue weighted by molar-refractivity contribution is 0.309. The summed E-state index contributed by atoms with van der Waals surface area (Å²) in [6.45, 7) is 8.85. The highest BCUT2D eigenvalue weighted by atomic mass is 32.2. The van der Waals surface area contributed by atoms with Crippen LogP contribution in [0.4, 0.5) is 0 Å². The molecule has 2 rings (SSSR count). The van der Waals surface area contributed by atoms with E-state index in [4.69, 9.17) is 4.52 Å². The Bertz CT molecular complexity index is 776. The number of nitrogens with one attached hydrogen (secondary N) is 1. The highest BCUT2D eigenvalue weighted by molar-refractivity contribution is 7.89. The summed E-state index contributed by atoms with van der Waals surface area (Å²) in [7, 11) is -2.03. The first-order chi connectivity index (χ1) is 10.1. The molecule has 8 nitrogen and oxygen atoms in total. The van der Waals surface area contributed by atoms with E-state index in [-0.39, 0.29) is 16.7 Å². The van der Waals surface area contributed by atoms with Crippen LogP contribution in [0.1, 0.15) is 43.0 Å². The Labute approximate surface area is 130 Å². The third kappa shape index (κ3) is 3.05. The summed E-state index contributed by atoms with van der Waals surface area (Å²) in [5.41, 5.74) is 1.03. The quantitative estimate of drug-likeness (QED) is 0.890. The molecule has 0 aliphatic carbocycles. The monoisotopic (exact) mass is 327 g/mol. The van der Waals surface area contributed by atoms with Gasteiger partial charge in [0, 0.05) is 7.05 Å². The molecular weight excluding hydrogens is 306 g/mol. The van der Waals surface area contributed by atoms with Gasteiger partial charge in [-0.1, -0.05) is 19.0 Å². The average Bonchev–Trinajstić information content (AvgIpc) is 2.91. The van der Waals surface area contributed by atoms with E-state index in [0.29, 0.717) is 17.2 Å². The zero-order valence-corrected chi connectivity index (χ0v) is 14.4. The van der Waals surface area contributed by atoms with Crippen LogP contribution in [0.15, 0.2) is 9.42 Å². The Morgan fingerprint density at radius 1 is 1.23 bits per heavy atom. The first kappa shape index (κ1) is 16.6.